The molecule has 0 fully saturated rings. The van der Waals surface area contributed by atoms with E-state index in [9.17, 15) is 14.9 Å². The highest BCUT2D eigenvalue weighted by Gasteiger charge is 2.19. The molecular formula is C15H13N3O3. The van der Waals surface area contributed by atoms with Gasteiger partial charge in [0.15, 0.2) is 0 Å². The fourth-order valence-corrected chi connectivity index (χ4v) is 2.63. The first-order chi connectivity index (χ1) is 9.99. The first-order valence-corrected chi connectivity index (χ1v) is 6.42. The molecule has 3 rings (SSSR count). The van der Waals surface area contributed by atoms with Gasteiger partial charge in [-0.2, -0.15) is 0 Å². The van der Waals surface area contributed by atoms with Crippen molar-refractivity contribution in [2.24, 2.45) is 7.05 Å². The minimum absolute atomic E-state index is 0.108. The Morgan fingerprint density at radius 1 is 1.19 bits per heavy atom. The standard InChI is InChI=1S/C15H13N3O3/c1-9(19)16-12-7-11-10-5-3-4-6-13(10)17(2)14(11)8-15(12)18(20)21/h3-8H,1-2H3,(H,16,19). The van der Waals surface area contributed by atoms with Crippen LogP contribution in [0.3, 0.4) is 0 Å². The molecule has 21 heavy (non-hydrogen) atoms. The fourth-order valence-electron chi connectivity index (χ4n) is 2.63. The predicted octanol–water partition coefficient (Wildman–Crippen LogP) is 3.20. The van der Waals surface area contributed by atoms with Gasteiger partial charge in [-0.3, -0.25) is 14.9 Å². The fraction of sp³-hybridized carbons (Fsp3) is 0.133. The number of benzene rings is 2. The maximum absolute atomic E-state index is 11.3. The number of anilines is 1. The molecule has 0 saturated heterocycles. The normalized spacial score (nSPS) is 11.0. The van der Waals surface area contributed by atoms with E-state index >= 15 is 0 Å². The lowest BCUT2D eigenvalue weighted by Gasteiger charge is -2.05. The Balaban J connectivity index is 2.41. The van der Waals surface area contributed by atoms with Gasteiger partial charge < -0.3 is 9.88 Å². The molecule has 0 radical (unpaired) electrons. The van der Waals surface area contributed by atoms with E-state index in [2.05, 4.69) is 5.32 Å². The van der Waals surface area contributed by atoms with E-state index in [1.807, 2.05) is 35.9 Å². The van der Waals surface area contributed by atoms with Gasteiger partial charge in [0, 0.05) is 36.3 Å². The van der Waals surface area contributed by atoms with Gasteiger partial charge in [-0.1, -0.05) is 18.2 Å². The molecule has 0 aliphatic carbocycles. The largest absolute Gasteiger partial charge is 0.343 e. The third kappa shape index (κ3) is 2.01. The molecule has 1 aromatic heterocycles. The van der Waals surface area contributed by atoms with Gasteiger partial charge >= 0.3 is 0 Å². The Labute approximate surface area is 120 Å². The smallest absolute Gasteiger partial charge is 0.294 e. The van der Waals surface area contributed by atoms with Crippen molar-refractivity contribution >= 4 is 39.1 Å². The lowest BCUT2D eigenvalue weighted by molar-refractivity contribution is -0.383. The Bertz CT molecular complexity index is 896. The summed E-state index contributed by atoms with van der Waals surface area (Å²) in [4.78, 5) is 22.0. The minimum atomic E-state index is -0.484. The van der Waals surface area contributed by atoms with Crippen LogP contribution < -0.4 is 5.32 Å². The number of carbonyl (C=O) groups is 1. The van der Waals surface area contributed by atoms with E-state index < -0.39 is 4.92 Å². The number of nitrogens with one attached hydrogen (secondary N) is 1. The van der Waals surface area contributed by atoms with Crippen LogP contribution >= 0.6 is 0 Å². The molecule has 6 heteroatoms. The van der Waals surface area contributed by atoms with Crippen molar-refractivity contribution in [3.8, 4) is 0 Å². The zero-order valence-corrected chi connectivity index (χ0v) is 11.6. The number of amides is 1. The summed E-state index contributed by atoms with van der Waals surface area (Å²) in [6.45, 7) is 1.33. The number of para-hydroxylation sites is 1. The maximum Gasteiger partial charge on any atom is 0.294 e. The van der Waals surface area contributed by atoms with Gasteiger partial charge in [-0.15, -0.1) is 0 Å². The second-order valence-corrected chi connectivity index (χ2v) is 4.90. The van der Waals surface area contributed by atoms with Crippen LogP contribution in [0.15, 0.2) is 36.4 Å². The highest BCUT2D eigenvalue weighted by Crippen LogP contribution is 2.35. The highest BCUT2D eigenvalue weighted by atomic mass is 16.6. The average molecular weight is 283 g/mol. The molecule has 3 aromatic rings. The van der Waals surface area contributed by atoms with E-state index in [-0.39, 0.29) is 17.3 Å². The van der Waals surface area contributed by atoms with E-state index in [0.717, 1.165) is 21.8 Å². The van der Waals surface area contributed by atoms with Gasteiger partial charge in [0.25, 0.3) is 5.69 Å². The van der Waals surface area contributed by atoms with Gasteiger partial charge in [-0.25, -0.2) is 0 Å². The zero-order chi connectivity index (χ0) is 15.1. The summed E-state index contributed by atoms with van der Waals surface area (Å²) in [5.74, 6) is -0.335. The third-order valence-electron chi connectivity index (χ3n) is 3.54. The molecule has 0 aliphatic heterocycles. The molecule has 1 heterocycles. The van der Waals surface area contributed by atoms with Gasteiger partial charge in [0.1, 0.15) is 5.69 Å². The molecule has 0 bridgehead atoms. The number of nitrogens with zero attached hydrogens (tertiary/aromatic N) is 2. The van der Waals surface area contributed by atoms with Crippen molar-refractivity contribution in [3.63, 3.8) is 0 Å². The molecular weight excluding hydrogens is 270 g/mol. The summed E-state index contributed by atoms with van der Waals surface area (Å²) in [6, 6.07) is 10.9. The number of aryl methyl sites for hydroxylation is 1. The number of aromatic nitrogens is 1. The van der Waals surface area contributed by atoms with E-state index in [1.165, 1.54) is 13.0 Å². The monoisotopic (exact) mass is 283 g/mol. The summed E-state index contributed by atoms with van der Waals surface area (Å²) in [6.07, 6.45) is 0. The van der Waals surface area contributed by atoms with Gasteiger partial charge in [0.2, 0.25) is 5.91 Å². The van der Waals surface area contributed by atoms with Crippen molar-refractivity contribution in [1.29, 1.82) is 0 Å². The number of carbonyl (C=O) groups excluding carboxylic acids is 1. The second-order valence-electron chi connectivity index (χ2n) is 4.90. The average Bonchev–Trinajstić information content (AvgIpc) is 2.71. The maximum atomic E-state index is 11.3. The van der Waals surface area contributed by atoms with Crippen LogP contribution in [-0.4, -0.2) is 15.4 Å². The molecule has 1 amide bonds. The second kappa shape index (κ2) is 4.59. The molecule has 2 aromatic carbocycles. The first kappa shape index (κ1) is 13.1. The van der Waals surface area contributed by atoms with Crippen molar-refractivity contribution in [2.75, 3.05) is 5.32 Å². The van der Waals surface area contributed by atoms with Crippen LogP contribution in [0, 0.1) is 10.1 Å². The van der Waals surface area contributed by atoms with Crippen LogP contribution in [0.25, 0.3) is 21.8 Å². The lowest BCUT2D eigenvalue weighted by Crippen LogP contribution is -2.08. The molecule has 0 spiro atoms. The SMILES string of the molecule is CC(=O)Nc1cc2c3ccccc3n(C)c2cc1[N+](=O)[O-]. The van der Waals surface area contributed by atoms with E-state index in [4.69, 9.17) is 0 Å². The molecule has 1 N–H and O–H groups in total. The van der Waals surface area contributed by atoms with E-state index in [0.29, 0.717) is 0 Å². The van der Waals surface area contributed by atoms with Crippen LogP contribution in [0.1, 0.15) is 6.92 Å². The summed E-state index contributed by atoms with van der Waals surface area (Å²) in [5.41, 5.74) is 1.86. The number of nitro groups is 1. The van der Waals surface area contributed by atoms with Crippen molar-refractivity contribution in [3.05, 3.63) is 46.5 Å². The van der Waals surface area contributed by atoms with Gasteiger partial charge in [0.05, 0.1) is 10.4 Å². The van der Waals surface area contributed by atoms with Crippen molar-refractivity contribution in [1.82, 2.24) is 4.57 Å². The quantitative estimate of drug-likeness (QED) is 0.579. The summed E-state index contributed by atoms with van der Waals surface area (Å²) < 4.78 is 1.91. The van der Waals surface area contributed by atoms with Crippen molar-refractivity contribution in [2.45, 2.75) is 6.92 Å². The van der Waals surface area contributed by atoms with Crippen LogP contribution in [0.2, 0.25) is 0 Å². The number of fused-ring (bicyclic) bond motifs is 3. The third-order valence-corrected chi connectivity index (χ3v) is 3.54. The molecule has 0 atom stereocenters. The highest BCUT2D eigenvalue weighted by molar-refractivity contribution is 6.11. The van der Waals surface area contributed by atoms with Crippen LogP contribution in [-0.2, 0) is 11.8 Å². The molecule has 0 saturated carbocycles. The van der Waals surface area contributed by atoms with E-state index in [1.54, 1.807) is 6.07 Å². The molecule has 6 nitrogen and oxygen atoms in total. The zero-order valence-electron chi connectivity index (χ0n) is 11.6. The summed E-state index contributed by atoms with van der Waals surface area (Å²) in [5, 5.41) is 15.6. The summed E-state index contributed by atoms with van der Waals surface area (Å²) in [7, 11) is 1.87. The Hall–Kier alpha value is -2.89. The molecule has 106 valence electrons. The van der Waals surface area contributed by atoms with Crippen LogP contribution in [0.5, 0.6) is 0 Å². The Morgan fingerprint density at radius 3 is 2.57 bits per heavy atom. The number of hydrogen-bond acceptors (Lipinski definition) is 3. The molecule has 0 unspecified atom stereocenters. The Kier molecular flexibility index (Phi) is 2.86. The Morgan fingerprint density at radius 2 is 1.90 bits per heavy atom. The first-order valence-electron chi connectivity index (χ1n) is 6.42. The van der Waals surface area contributed by atoms with Gasteiger partial charge in [-0.05, 0) is 12.1 Å². The topological polar surface area (TPSA) is 77.2 Å². The predicted molar refractivity (Wildman–Crippen MR) is 81.4 cm³/mol. The number of rotatable bonds is 2. The van der Waals surface area contributed by atoms with Crippen LogP contribution in [0.4, 0.5) is 11.4 Å². The summed E-state index contributed by atoms with van der Waals surface area (Å²) >= 11 is 0. The number of hydrogen-bond donors (Lipinski definition) is 1. The van der Waals surface area contributed by atoms with Crippen molar-refractivity contribution < 1.29 is 9.72 Å². The molecule has 0 aliphatic rings. The minimum Gasteiger partial charge on any atom is -0.343 e. The lowest BCUT2D eigenvalue weighted by atomic mass is 10.1. The number of nitro benzene ring substituents is 1.